The Labute approximate surface area is 91.4 Å². The van der Waals surface area contributed by atoms with Crippen molar-refractivity contribution in [3.63, 3.8) is 0 Å². The Balaban J connectivity index is 1.95. The first-order valence-electron chi connectivity index (χ1n) is 5.50. The molecule has 3 heteroatoms. The monoisotopic (exact) mass is 212 g/mol. The van der Waals surface area contributed by atoms with Crippen LogP contribution < -0.4 is 5.32 Å². The maximum Gasteiger partial charge on any atom is 0.0621 e. The number of thioether (sulfide) groups is 1. The second-order valence-electron chi connectivity index (χ2n) is 3.94. The summed E-state index contributed by atoms with van der Waals surface area (Å²) < 4.78 is 0. The van der Waals surface area contributed by atoms with Crippen LogP contribution in [0.4, 0.5) is 0 Å². The van der Waals surface area contributed by atoms with Crippen molar-refractivity contribution in [3.05, 3.63) is 0 Å². The van der Waals surface area contributed by atoms with Gasteiger partial charge in [-0.25, -0.2) is 0 Å². The molecule has 0 amide bonds. The molecule has 0 saturated heterocycles. The molecule has 0 aromatic carbocycles. The molecule has 1 N–H and O–H groups in total. The van der Waals surface area contributed by atoms with Crippen LogP contribution in [0.25, 0.3) is 0 Å². The molecule has 1 aliphatic carbocycles. The molecule has 0 aromatic rings. The maximum atomic E-state index is 8.37. The Morgan fingerprint density at radius 1 is 1.43 bits per heavy atom. The Kier molecular flexibility index (Phi) is 6.05. The summed E-state index contributed by atoms with van der Waals surface area (Å²) in [6.07, 6.45) is 9.15. The molecule has 0 spiro atoms. The van der Waals surface area contributed by atoms with E-state index in [0.29, 0.717) is 6.42 Å². The van der Waals surface area contributed by atoms with E-state index >= 15 is 0 Å². The first-order valence-corrected chi connectivity index (χ1v) is 6.78. The van der Waals surface area contributed by atoms with Gasteiger partial charge in [0, 0.05) is 17.7 Å². The molecule has 2 atom stereocenters. The zero-order valence-electron chi connectivity index (χ0n) is 8.96. The molecule has 0 bridgehead atoms. The van der Waals surface area contributed by atoms with Gasteiger partial charge in [0.25, 0.3) is 0 Å². The summed E-state index contributed by atoms with van der Waals surface area (Å²) in [6.45, 7) is 1.09. The number of unbranched alkanes of at least 4 members (excludes halogenated alkanes) is 2. The predicted molar refractivity (Wildman–Crippen MR) is 62.4 cm³/mol. The fourth-order valence-corrected chi connectivity index (χ4v) is 2.77. The number of nitrogens with one attached hydrogen (secondary N) is 1. The van der Waals surface area contributed by atoms with Crippen LogP contribution >= 0.6 is 11.8 Å². The average molecular weight is 212 g/mol. The van der Waals surface area contributed by atoms with Crippen LogP contribution in [0.15, 0.2) is 0 Å². The van der Waals surface area contributed by atoms with Gasteiger partial charge in [0.15, 0.2) is 0 Å². The number of hydrogen-bond acceptors (Lipinski definition) is 3. The SMILES string of the molecule is CSC1CCC(NCCCCC#N)C1. The average Bonchev–Trinajstić information content (AvgIpc) is 2.65. The predicted octanol–water partition coefficient (Wildman–Crippen LogP) is 2.55. The lowest BCUT2D eigenvalue weighted by Crippen LogP contribution is -2.27. The van der Waals surface area contributed by atoms with Crippen LogP contribution in [0.5, 0.6) is 0 Å². The molecule has 2 nitrogen and oxygen atoms in total. The van der Waals surface area contributed by atoms with E-state index in [0.717, 1.165) is 30.7 Å². The molecule has 1 fully saturated rings. The third-order valence-corrected chi connectivity index (χ3v) is 3.96. The Morgan fingerprint density at radius 2 is 2.29 bits per heavy atom. The second-order valence-corrected chi connectivity index (χ2v) is 5.08. The van der Waals surface area contributed by atoms with E-state index in [1.165, 1.54) is 19.3 Å². The van der Waals surface area contributed by atoms with Gasteiger partial charge in [-0.2, -0.15) is 17.0 Å². The van der Waals surface area contributed by atoms with Crippen LogP contribution in [0.3, 0.4) is 0 Å². The van der Waals surface area contributed by atoms with Crippen LogP contribution in [0, 0.1) is 11.3 Å². The van der Waals surface area contributed by atoms with Crippen molar-refractivity contribution in [2.24, 2.45) is 0 Å². The zero-order chi connectivity index (χ0) is 10.2. The lowest BCUT2D eigenvalue weighted by atomic mass is 10.2. The summed E-state index contributed by atoms with van der Waals surface area (Å²) in [5, 5.41) is 12.8. The molecular formula is C11H20N2S. The maximum absolute atomic E-state index is 8.37. The van der Waals surface area contributed by atoms with Crippen LogP contribution in [-0.4, -0.2) is 24.1 Å². The summed E-state index contributed by atoms with van der Waals surface area (Å²) in [7, 11) is 0. The Morgan fingerprint density at radius 3 is 2.93 bits per heavy atom. The highest BCUT2D eigenvalue weighted by Crippen LogP contribution is 2.27. The molecule has 80 valence electrons. The molecule has 0 aliphatic heterocycles. The molecule has 0 aromatic heterocycles. The third kappa shape index (κ3) is 4.34. The standard InChI is InChI=1S/C11H20N2S/c1-14-11-6-5-10(9-11)13-8-4-2-3-7-12/h10-11,13H,2-6,8-9H2,1H3. The zero-order valence-corrected chi connectivity index (χ0v) is 9.78. The van der Waals surface area contributed by atoms with E-state index in [2.05, 4.69) is 17.6 Å². The summed E-state index contributed by atoms with van der Waals surface area (Å²) in [6, 6.07) is 2.93. The fourth-order valence-electron chi connectivity index (χ4n) is 1.97. The molecule has 1 rings (SSSR count). The molecule has 2 unspecified atom stereocenters. The van der Waals surface area contributed by atoms with Crippen molar-refractivity contribution in [3.8, 4) is 6.07 Å². The van der Waals surface area contributed by atoms with Crippen LogP contribution in [0.1, 0.15) is 38.5 Å². The van der Waals surface area contributed by atoms with Gasteiger partial charge in [-0.15, -0.1) is 0 Å². The quantitative estimate of drug-likeness (QED) is 0.687. The lowest BCUT2D eigenvalue weighted by Gasteiger charge is -2.11. The number of hydrogen-bond donors (Lipinski definition) is 1. The van der Waals surface area contributed by atoms with E-state index < -0.39 is 0 Å². The van der Waals surface area contributed by atoms with Crippen molar-refractivity contribution in [2.75, 3.05) is 12.8 Å². The van der Waals surface area contributed by atoms with Gasteiger partial charge in [0.2, 0.25) is 0 Å². The van der Waals surface area contributed by atoms with Gasteiger partial charge >= 0.3 is 0 Å². The number of nitrogens with zero attached hydrogens (tertiary/aromatic N) is 1. The molecule has 0 heterocycles. The van der Waals surface area contributed by atoms with E-state index in [1.807, 2.05) is 11.8 Å². The number of nitriles is 1. The van der Waals surface area contributed by atoms with E-state index in [-0.39, 0.29) is 0 Å². The van der Waals surface area contributed by atoms with Gasteiger partial charge in [0.1, 0.15) is 0 Å². The molecule has 1 aliphatic rings. The van der Waals surface area contributed by atoms with E-state index in [4.69, 9.17) is 5.26 Å². The minimum absolute atomic E-state index is 0.708. The Hall–Kier alpha value is -0.200. The summed E-state index contributed by atoms with van der Waals surface area (Å²) in [5.74, 6) is 0. The fraction of sp³-hybridized carbons (Fsp3) is 0.909. The minimum Gasteiger partial charge on any atom is -0.314 e. The molecule has 14 heavy (non-hydrogen) atoms. The first kappa shape index (κ1) is 11.9. The summed E-state index contributed by atoms with van der Waals surface area (Å²) in [5.41, 5.74) is 0. The topological polar surface area (TPSA) is 35.8 Å². The molecule has 1 saturated carbocycles. The van der Waals surface area contributed by atoms with Crippen molar-refractivity contribution in [2.45, 2.75) is 49.8 Å². The second kappa shape index (κ2) is 7.14. The van der Waals surface area contributed by atoms with Gasteiger partial charge in [-0.3, -0.25) is 0 Å². The lowest BCUT2D eigenvalue weighted by molar-refractivity contribution is 0.510. The van der Waals surface area contributed by atoms with Gasteiger partial charge in [0.05, 0.1) is 6.07 Å². The van der Waals surface area contributed by atoms with Gasteiger partial charge < -0.3 is 5.32 Å². The summed E-state index contributed by atoms with van der Waals surface area (Å²) in [4.78, 5) is 0. The highest BCUT2D eigenvalue weighted by Gasteiger charge is 2.22. The van der Waals surface area contributed by atoms with Crippen molar-refractivity contribution in [1.29, 1.82) is 5.26 Å². The normalized spacial score (nSPS) is 26.3. The minimum atomic E-state index is 0.708. The van der Waals surface area contributed by atoms with Crippen molar-refractivity contribution >= 4 is 11.8 Å². The van der Waals surface area contributed by atoms with Gasteiger partial charge in [-0.05, 0) is 44.9 Å². The largest absolute Gasteiger partial charge is 0.314 e. The third-order valence-electron chi connectivity index (χ3n) is 2.87. The van der Waals surface area contributed by atoms with Crippen molar-refractivity contribution < 1.29 is 0 Å². The van der Waals surface area contributed by atoms with Crippen LogP contribution in [0.2, 0.25) is 0 Å². The van der Waals surface area contributed by atoms with Crippen LogP contribution in [-0.2, 0) is 0 Å². The van der Waals surface area contributed by atoms with E-state index in [1.54, 1.807) is 0 Å². The number of rotatable bonds is 6. The van der Waals surface area contributed by atoms with Gasteiger partial charge in [-0.1, -0.05) is 0 Å². The highest BCUT2D eigenvalue weighted by atomic mass is 32.2. The molecular weight excluding hydrogens is 192 g/mol. The van der Waals surface area contributed by atoms with E-state index in [9.17, 15) is 0 Å². The first-order chi connectivity index (χ1) is 6.86. The Bertz CT molecular complexity index is 188. The highest BCUT2D eigenvalue weighted by molar-refractivity contribution is 7.99. The van der Waals surface area contributed by atoms with Crippen molar-refractivity contribution in [1.82, 2.24) is 5.32 Å². The smallest absolute Gasteiger partial charge is 0.0621 e. The molecule has 0 radical (unpaired) electrons. The summed E-state index contributed by atoms with van der Waals surface area (Å²) >= 11 is 2.00.